The van der Waals surface area contributed by atoms with E-state index in [0.29, 0.717) is 12.1 Å². The highest BCUT2D eigenvalue weighted by atomic mass is 32.2. The molecule has 3 N–H and O–H groups in total. The molecule has 2 aromatic carbocycles. The van der Waals surface area contributed by atoms with Crippen LogP contribution in [-0.2, 0) is 21.7 Å². The first-order valence-corrected chi connectivity index (χ1v) is 10.5. The summed E-state index contributed by atoms with van der Waals surface area (Å²) in [4.78, 5) is 39.7. The molecule has 7 nitrogen and oxygen atoms in total. The van der Waals surface area contributed by atoms with Gasteiger partial charge in [0, 0.05) is 10.5 Å². The van der Waals surface area contributed by atoms with Crippen molar-refractivity contribution in [2.75, 3.05) is 19.8 Å². The van der Waals surface area contributed by atoms with Crippen LogP contribution in [-0.4, -0.2) is 42.7 Å². The monoisotopic (exact) mass is 413 g/mol. The molecule has 1 unspecified atom stereocenters. The molecule has 1 saturated heterocycles. The highest BCUT2D eigenvalue weighted by Gasteiger charge is 2.50. The number of hydrazine groups is 1. The van der Waals surface area contributed by atoms with Crippen molar-refractivity contribution in [1.82, 2.24) is 15.8 Å². The van der Waals surface area contributed by atoms with Crippen LogP contribution in [0, 0.1) is 0 Å². The van der Waals surface area contributed by atoms with Crippen LogP contribution in [0.3, 0.4) is 0 Å². The van der Waals surface area contributed by atoms with E-state index >= 15 is 0 Å². The number of carbonyl (C=O) groups excluding carboxylic acids is 3. The average Bonchev–Trinajstić information content (AvgIpc) is 2.93. The van der Waals surface area contributed by atoms with Gasteiger partial charge in [0.2, 0.25) is 0 Å². The molecular formula is C21H25N4O3S+. The third-order valence-corrected chi connectivity index (χ3v) is 5.65. The Morgan fingerprint density at radius 1 is 1.14 bits per heavy atom. The van der Waals surface area contributed by atoms with Crippen molar-refractivity contribution in [3.8, 4) is 0 Å². The number of imide groups is 1. The number of nitrogens with zero attached hydrogens (tertiary/aromatic N) is 1. The Kier molecular flexibility index (Phi) is 6.24. The molecule has 0 radical (unpaired) electrons. The molecule has 29 heavy (non-hydrogen) atoms. The second kappa shape index (κ2) is 8.67. The molecule has 8 heteroatoms. The van der Waals surface area contributed by atoms with E-state index in [0.717, 1.165) is 15.5 Å². The van der Waals surface area contributed by atoms with E-state index in [4.69, 9.17) is 0 Å². The minimum Gasteiger partial charge on any atom is -0.326 e. The molecule has 2 atom stereocenters. The van der Waals surface area contributed by atoms with Crippen LogP contribution in [0.4, 0.5) is 4.79 Å². The number of urea groups is 1. The highest BCUT2D eigenvalue weighted by molar-refractivity contribution is 7.98. The molecule has 4 amide bonds. The minimum absolute atomic E-state index is 0.128. The van der Waals surface area contributed by atoms with Crippen LogP contribution in [0.5, 0.6) is 0 Å². The minimum atomic E-state index is -1.20. The van der Waals surface area contributed by atoms with Crippen LogP contribution in [0.25, 0.3) is 0 Å². The lowest BCUT2D eigenvalue weighted by atomic mass is 9.92. The van der Waals surface area contributed by atoms with Crippen molar-refractivity contribution < 1.29 is 19.3 Å². The van der Waals surface area contributed by atoms with Gasteiger partial charge in [-0.3, -0.25) is 15.0 Å². The van der Waals surface area contributed by atoms with E-state index in [-0.39, 0.29) is 6.54 Å². The molecule has 0 aliphatic carbocycles. The Hall–Kier alpha value is -2.84. The second-order valence-corrected chi connectivity index (χ2v) is 8.14. The number of carbonyl (C=O) groups is 3. The normalized spacial score (nSPS) is 19.8. The predicted molar refractivity (Wildman–Crippen MR) is 111 cm³/mol. The molecule has 0 saturated carbocycles. The van der Waals surface area contributed by atoms with Gasteiger partial charge < -0.3 is 10.2 Å². The summed E-state index contributed by atoms with van der Waals surface area (Å²) in [5.41, 5.74) is 3.01. The SMILES string of the molecule is CSc1ccc(C[NH+](C)CC(=O)NN2C(=O)N[C@](C)(c3ccccc3)C2=O)cc1. The Labute approximate surface area is 174 Å². The quantitative estimate of drug-likeness (QED) is 0.466. The lowest BCUT2D eigenvalue weighted by Gasteiger charge is -2.22. The predicted octanol–water partition coefficient (Wildman–Crippen LogP) is 0.922. The summed E-state index contributed by atoms with van der Waals surface area (Å²) in [7, 11) is 1.89. The number of nitrogens with one attached hydrogen (secondary N) is 3. The molecule has 1 aliphatic heterocycles. The zero-order valence-corrected chi connectivity index (χ0v) is 17.5. The number of quaternary nitrogens is 1. The summed E-state index contributed by atoms with van der Waals surface area (Å²) in [5, 5.41) is 3.44. The smallest absolute Gasteiger partial charge is 0.326 e. The van der Waals surface area contributed by atoms with E-state index in [9.17, 15) is 14.4 Å². The van der Waals surface area contributed by atoms with Crippen molar-refractivity contribution in [3.63, 3.8) is 0 Å². The number of likely N-dealkylation sites (N-methyl/N-ethyl adjacent to an activating group) is 1. The van der Waals surface area contributed by atoms with Crippen LogP contribution < -0.4 is 15.6 Å². The number of rotatable bonds is 7. The van der Waals surface area contributed by atoms with E-state index in [1.165, 1.54) is 4.90 Å². The van der Waals surface area contributed by atoms with E-state index < -0.39 is 23.4 Å². The lowest BCUT2D eigenvalue weighted by Crippen LogP contribution is -3.09. The van der Waals surface area contributed by atoms with Gasteiger partial charge >= 0.3 is 6.03 Å². The third kappa shape index (κ3) is 4.60. The molecule has 0 spiro atoms. The Morgan fingerprint density at radius 2 is 1.79 bits per heavy atom. The molecule has 1 aliphatic rings. The summed E-state index contributed by atoms with van der Waals surface area (Å²) in [5.74, 6) is -0.906. The summed E-state index contributed by atoms with van der Waals surface area (Å²) < 4.78 is 0. The van der Waals surface area contributed by atoms with Gasteiger partial charge in [0.25, 0.3) is 11.8 Å². The fraction of sp³-hybridized carbons (Fsp3) is 0.286. The third-order valence-electron chi connectivity index (χ3n) is 4.91. The van der Waals surface area contributed by atoms with E-state index in [1.54, 1.807) is 43.0 Å². The zero-order chi connectivity index (χ0) is 21.0. The zero-order valence-electron chi connectivity index (χ0n) is 16.7. The molecule has 0 aromatic heterocycles. The lowest BCUT2D eigenvalue weighted by molar-refractivity contribution is -0.885. The molecule has 1 fully saturated rings. The first kappa shape index (κ1) is 20.9. The summed E-state index contributed by atoms with van der Waals surface area (Å²) in [6, 6.07) is 16.5. The standard InChI is InChI=1S/C21H24N4O3S/c1-21(16-7-5-4-6-8-16)19(27)25(20(28)22-21)23-18(26)14-24(2)13-15-9-11-17(29-3)12-10-15/h4-12H,13-14H2,1-3H3,(H,22,28)(H,23,26)/p+1/t21-/m1/s1. The van der Waals surface area contributed by atoms with Gasteiger partial charge in [-0.25, -0.2) is 4.79 Å². The van der Waals surface area contributed by atoms with Gasteiger partial charge in [-0.1, -0.05) is 42.5 Å². The highest BCUT2D eigenvalue weighted by Crippen LogP contribution is 2.27. The van der Waals surface area contributed by atoms with Gasteiger partial charge in [-0.15, -0.1) is 11.8 Å². The van der Waals surface area contributed by atoms with Crippen molar-refractivity contribution in [1.29, 1.82) is 0 Å². The number of thioether (sulfide) groups is 1. The molecule has 1 heterocycles. The van der Waals surface area contributed by atoms with Gasteiger partial charge in [0.05, 0.1) is 7.05 Å². The maximum atomic E-state index is 12.8. The van der Waals surface area contributed by atoms with Crippen molar-refractivity contribution >= 4 is 29.6 Å². The number of hydrogen-bond donors (Lipinski definition) is 3. The van der Waals surface area contributed by atoms with Gasteiger partial charge in [-0.2, -0.15) is 5.01 Å². The van der Waals surface area contributed by atoms with Crippen LogP contribution >= 0.6 is 11.8 Å². The van der Waals surface area contributed by atoms with E-state index in [2.05, 4.69) is 10.7 Å². The maximum Gasteiger partial charge on any atom is 0.344 e. The number of benzene rings is 2. The Balaban J connectivity index is 1.59. The largest absolute Gasteiger partial charge is 0.344 e. The second-order valence-electron chi connectivity index (χ2n) is 7.26. The number of amides is 4. The van der Waals surface area contributed by atoms with Crippen LogP contribution in [0.15, 0.2) is 59.5 Å². The van der Waals surface area contributed by atoms with Gasteiger partial charge in [0.1, 0.15) is 12.1 Å². The fourth-order valence-corrected chi connectivity index (χ4v) is 3.71. The van der Waals surface area contributed by atoms with Crippen molar-refractivity contribution in [2.24, 2.45) is 0 Å². The Bertz CT molecular complexity index is 904. The van der Waals surface area contributed by atoms with Gasteiger partial charge in [-0.05, 0) is 30.9 Å². The number of hydrogen-bond acceptors (Lipinski definition) is 4. The maximum absolute atomic E-state index is 12.8. The van der Waals surface area contributed by atoms with Crippen LogP contribution in [0.1, 0.15) is 18.1 Å². The van der Waals surface area contributed by atoms with Crippen molar-refractivity contribution in [2.45, 2.75) is 23.9 Å². The molecule has 152 valence electrons. The molecule has 2 aromatic rings. The van der Waals surface area contributed by atoms with Crippen LogP contribution in [0.2, 0.25) is 0 Å². The van der Waals surface area contributed by atoms with Gasteiger partial charge in [0.15, 0.2) is 6.54 Å². The summed E-state index contributed by atoms with van der Waals surface area (Å²) >= 11 is 1.68. The molecular weight excluding hydrogens is 388 g/mol. The first-order chi connectivity index (χ1) is 13.8. The molecule has 3 rings (SSSR count). The first-order valence-electron chi connectivity index (χ1n) is 9.29. The summed E-state index contributed by atoms with van der Waals surface area (Å²) in [6.45, 7) is 2.41. The average molecular weight is 414 g/mol. The summed E-state index contributed by atoms with van der Waals surface area (Å²) in [6.07, 6.45) is 2.02. The van der Waals surface area contributed by atoms with Crippen molar-refractivity contribution in [3.05, 3.63) is 65.7 Å². The fourth-order valence-electron chi connectivity index (χ4n) is 3.30. The Morgan fingerprint density at radius 3 is 2.41 bits per heavy atom. The topological polar surface area (TPSA) is 82.9 Å². The van der Waals surface area contributed by atoms with E-state index in [1.807, 2.05) is 43.6 Å². The molecule has 0 bridgehead atoms.